The Labute approximate surface area is 124 Å². The summed E-state index contributed by atoms with van der Waals surface area (Å²) in [5.74, 6) is -2.57. The molecule has 0 spiro atoms. The molecular weight excluding hydrogens is 299 g/mol. The van der Waals surface area contributed by atoms with Gasteiger partial charge in [-0.25, -0.2) is 9.18 Å². The first-order valence-electron chi connectivity index (χ1n) is 5.78. The van der Waals surface area contributed by atoms with Gasteiger partial charge < -0.3 is 16.2 Å². The fraction of sp³-hybridized carbons (Fsp3) is 0. The number of halogens is 2. The Balaban J connectivity index is 2.30. The van der Waals surface area contributed by atoms with Crippen molar-refractivity contribution >= 4 is 34.9 Å². The minimum atomic E-state index is -1.22. The highest BCUT2D eigenvalue weighted by atomic mass is 35.5. The molecule has 5 nitrogen and oxygen atoms in total. The second-order valence-corrected chi connectivity index (χ2v) is 4.56. The Kier molecular flexibility index (Phi) is 4.09. The van der Waals surface area contributed by atoms with E-state index in [4.69, 9.17) is 22.4 Å². The number of nitrogen functional groups attached to an aromatic ring is 1. The number of rotatable bonds is 3. The monoisotopic (exact) mass is 308 g/mol. The third-order valence-corrected chi connectivity index (χ3v) is 3.08. The third-order valence-electron chi connectivity index (χ3n) is 2.75. The van der Waals surface area contributed by atoms with Gasteiger partial charge in [0.2, 0.25) is 0 Å². The van der Waals surface area contributed by atoms with Crippen molar-refractivity contribution < 1.29 is 19.1 Å². The number of hydrogen-bond donors (Lipinski definition) is 3. The van der Waals surface area contributed by atoms with Crippen molar-refractivity contribution in [1.29, 1.82) is 0 Å². The molecule has 0 heterocycles. The molecular formula is C14H10ClFN2O3. The van der Waals surface area contributed by atoms with Crippen LogP contribution in [0.1, 0.15) is 20.7 Å². The van der Waals surface area contributed by atoms with Gasteiger partial charge >= 0.3 is 5.97 Å². The lowest BCUT2D eigenvalue weighted by molar-refractivity contribution is 0.0696. The highest BCUT2D eigenvalue weighted by Crippen LogP contribution is 2.22. The van der Waals surface area contributed by atoms with Gasteiger partial charge in [-0.05, 0) is 30.3 Å². The van der Waals surface area contributed by atoms with Crippen LogP contribution in [0.4, 0.5) is 15.8 Å². The van der Waals surface area contributed by atoms with E-state index < -0.39 is 17.7 Å². The molecule has 0 aromatic heterocycles. The summed E-state index contributed by atoms with van der Waals surface area (Å²) in [7, 11) is 0. The van der Waals surface area contributed by atoms with Gasteiger partial charge in [-0.2, -0.15) is 0 Å². The lowest BCUT2D eigenvalue weighted by Gasteiger charge is -2.09. The number of carbonyl (C=O) groups excluding carboxylic acids is 1. The highest BCUT2D eigenvalue weighted by molar-refractivity contribution is 6.33. The maximum Gasteiger partial charge on any atom is 0.337 e. The molecule has 2 rings (SSSR count). The van der Waals surface area contributed by atoms with E-state index in [1.54, 1.807) is 0 Å². The van der Waals surface area contributed by atoms with Crippen LogP contribution in [0.3, 0.4) is 0 Å². The van der Waals surface area contributed by atoms with Crippen molar-refractivity contribution in [3.8, 4) is 0 Å². The number of carbonyl (C=O) groups is 2. The normalized spacial score (nSPS) is 10.2. The lowest BCUT2D eigenvalue weighted by Crippen LogP contribution is -2.15. The zero-order valence-corrected chi connectivity index (χ0v) is 11.3. The molecule has 0 aliphatic rings. The number of para-hydroxylation sites is 1. The molecule has 0 saturated heterocycles. The molecule has 0 aliphatic carbocycles. The molecule has 2 aromatic carbocycles. The van der Waals surface area contributed by atoms with Crippen LogP contribution < -0.4 is 11.1 Å². The number of anilines is 2. The molecule has 7 heteroatoms. The fourth-order valence-corrected chi connectivity index (χ4v) is 1.90. The highest BCUT2D eigenvalue weighted by Gasteiger charge is 2.15. The molecule has 2 aromatic rings. The minimum Gasteiger partial charge on any atom is -0.478 e. The maximum absolute atomic E-state index is 13.3. The average molecular weight is 309 g/mol. The standard InChI is InChI=1S/C14H10ClFN2O3/c15-10-5-4-7(6-9(10)14(20)21)18-13(19)8-2-1-3-11(16)12(8)17/h1-6H,17H2,(H,18,19)(H,20,21). The zero-order valence-electron chi connectivity index (χ0n) is 10.6. The summed E-state index contributed by atoms with van der Waals surface area (Å²) in [6.45, 7) is 0. The number of amides is 1. The molecule has 1 amide bonds. The van der Waals surface area contributed by atoms with E-state index >= 15 is 0 Å². The summed E-state index contributed by atoms with van der Waals surface area (Å²) in [6, 6.07) is 7.83. The van der Waals surface area contributed by atoms with Crippen molar-refractivity contribution in [2.45, 2.75) is 0 Å². The quantitative estimate of drug-likeness (QED) is 0.760. The molecule has 108 valence electrons. The van der Waals surface area contributed by atoms with E-state index in [0.717, 1.165) is 6.07 Å². The van der Waals surface area contributed by atoms with Gasteiger partial charge in [0, 0.05) is 5.69 Å². The second kappa shape index (κ2) is 5.80. The van der Waals surface area contributed by atoms with Crippen LogP contribution in [0, 0.1) is 5.82 Å². The minimum absolute atomic E-state index is 0.0400. The Bertz CT molecular complexity index is 734. The summed E-state index contributed by atoms with van der Waals surface area (Å²) in [4.78, 5) is 23.0. The van der Waals surface area contributed by atoms with Crippen LogP contribution in [0.25, 0.3) is 0 Å². The topological polar surface area (TPSA) is 92.4 Å². The number of carboxylic acids is 1. The van der Waals surface area contributed by atoms with E-state index in [1.807, 2.05) is 0 Å². The van der Waals surface area contributed by atoms with Gasteiger partial charge in [-0.15, -0.1) is 0 Å². The van der Waals surface area contributed by atoms with E-state index in [9.17, 15) is 14.0 Å². The van der Waals surface area contributed by atoms with Crippen LogP contribution in [0.5, 0.6) is 0 Å². The van der Waals surface area contributed by atoms with E-state index in [0.29, 0.717) is 0 Å². The smallest absolute Gasteiger partial charge is 0.337 e. The Morgan fingerprint density at radius 2 is 1.90 bits per heavy atom. The number of nitrogens with two attached hydrogens (primary N) is 1. The van der Waals surface area contributed by atoms with Crippen molar-refractivity contribution in [3.05, 3.63) is 58.4 Å². The lowest BCUT2D eigenvalue weighted by atomic mass is 10.1. The Morgan fingerprint density at radius 1 is 1.19 bits per heavy atom. The Morgan fingerprint density at radius 3 is 2.57 bits per heavy atom. The van der Waals surface area contributed by atoms with Crippen LogP contribution in [-0.2, 0) is 0 Å². The SMILES string of the molecule is Nc1c(F)cccc1C(=O)Nc1ccc(Cl)c(C(=O)O)c1. The van der Waals surface area contributed by atoms with Gasteiger partial charge in [0.1, 0.15) is 5.82 Å². The number of carboxylic acid groups (broad SMARTS) is 1. The Hall–Kier alpha value is -2.60. The third kappa shape index (κ3) is 3.11. The van der Waals surface area contributed by atoms with Crippen LogP contribution in [0.2, 0.25) is 5.02 Å². The maximum atomic E-state index is 13.3. The van der Waals surface area contributed by atoms with Crippen LogP contribution in [-0.4, -0.2) is 17.0 Å². The van der Waals surface area contributed by atoms with Crippen molar-refractivity contribution in [2.24, 2.45) is 0 Å². The number of aromatic carboxylic acids is 1. The average Bonchev–Trinajstić information content (AvgIpc) is 2.43. The fourth-order valence-electron chi connectivity index (χ4n) is 1.70. The zero-order chi connectivity index (χ0) is 15.6. The summed E-state index contributed by atoms with van der Waals surface area (Å²) in [6.07, 6.45) is 0. The second-order valence-electron chi connectivity index (χ2n) is 4.15. The first-order valence-corrected chi connectivity index (χ1v) is 6.16. The van der Waals surface area contributed by atoms with E-state index in [1.165, 1.54) is 30.3 Å². The molecule has 0 unspecified atom stereocenters. The first kappa shape index (κ1) is 14.8. The summed E-state index contributed by atoms with van der Waals surface area (Å²) < 4.78 is 13.3. The molecule has 0 fully saturated rings. The molecule has 0 saturated carbocycles. The molecule has 4 N–H and O–H groups in total. The van der Waals surface area contributed by atoms with E-state index in [-0.39, 0.29) is 27.5 Å². The summed E-state index contributed by atoms with van der Waals surface area (Å²) in [5, 5.41) is 11.4. The van der Waals surface area contributed by atoms with Crippen molar-refractivity contribution in [1.82, 2.24) is 0 Å². The molecule has 0 aliphatic heterocycles. The van der Waals surface area contributed by atoms with E-state index in [2.05, 4.69) is 5.32 Å². The summed E-state index contributed by atoms with van der Waals surface area (Å²) >= 11 is 5.73. The first-order chi connectivity index (χ1) is 9.90. The molecule has 0 radical (unpaired) electrons. The number of nitrogens with one attached hydrogen (secondary N) is 1. The van der Waals surface area contributed by atoms with Gasteiger partial charge in [-0.3, -0.25) is 4.79 Å². The number of hydrogen-bond acceptors (Lipinski definition) is 3. The number of benzene rings is 2. The predicted molar refractivity (Wildman–Crippen MR) is 77.2 cm³/mol. The van der Waals surface area contributed by atoms with Gasteiger partial charge in [0.25, 0.3) is 5.91 Å². The van der Waals surface area contributed by atoms with Gasteiger partial charge in [0.15, 0.2) is 0 Å². The summed E-state index contributed by atoms with van der Waals surface area (Å²) in [5.41, 5.74) is 5.23. The van der Waals surface area contributed by atoms with Gasteiger partial charge in [-0.1, -0.05) is 17.7 Å². The molecule has 0 bridgehead atoms. The van der Waals surface area contributed by atoms with Crippen molar-refractivity contribution in [3.63, 3.8) is 0 Å². The van der Waals surface area contributed by atoms with Crippen molar-refractivity contribution in [2.75, 3.05) is 11.1 Å². The predicted octanol–water partition coefficient (Wildman–Crippen LogP) is 3.01. The molecule has 21 heavy (non-hydrogen) atoms. The molecule has 0 atom stereocenters. The largest absolute Gasteiger partial charge is 0.478 e. The van der Waals surface area contributed by atoms with Gasteiger partial charge in [0.05, 0.1) is 21.8 Å². The van der Waals surface area contributed by atoms with Crippen LogP contribution >= 0.6 is 11.6 Å². The van der Waals surface area contributed by atoms with Crippen LogP contribution in [0.15, 0.2) is 36.4 Å².